The fraction of sp³-hybridized carbons (Fsp3) is 0.364. The van der Waals surface area contributed by atoms with E-state index in [1.165, 1.54) is 5.57 Å². The van der Waals surface area contributed by atoms with Crippen LogP contribution in [0, 0.1) is 5.41 Å². The van der Waals surface area contributed by atoms with Crippen molar-refractivity contribution in [1.29, 1.82) is 0 Å². The fourth-order valence-electron chi connectivity index (χ4n) is 1.84. The average molecular weight is 160 g/mol. The van der Waals surface area contributed by atoms with E-state index in [9.17, 15) is 4.79 Å². The molecular weight excluding hydrogens is 148 g/mol. The Morgan fingerprint density at radius 2 is 2.17 bits per heavy atom. The lowest BCUT2D eigenvalue weighted by atomic mass is 9.83. The van der Waals surface area contributed by atoms with Gasteiger partial charge in [0.1, 0.15) is 0 Å². The van der Waals surface area contributed by atoms with E-state index in [1.54, 1.807) is 12.2 Å². The smallest absolute Gasteiger partial charge is 0.178 e. The Hall–Kier alpha value is -1.11. The highest BCUT2D eigenvalue weighted by Gasteiger charge is 2.29. The zero-order valence-corrected chi connectivity index (χ0v) is 7.21. The van der Waals surface area contributed by atoms with Crippen LogP contribution < -0.4 is 0 Å². The number of fused-ring (bicyclic) bond motifs is 1. The molecule has 0 radical (unpaired) electrons. The third-order valence-electron chi connectivity index (χ3n) is 2.73. The van der Waals surface area contributed by atoms with Crippen LogP contribution in [-0.4, -0.2) is 5.78 Å². The van der Waals surface area contributed by atoms with Gasteiger partial charge in [-0.2, -0.15) is 0 Å². The summed E-state index contributed by atoms with van der Waals surface area (Å²) in [6.45, 7) is 2.19. The number of hydrogen-bond acceptors (Lipinski definition) is 1. The standard InChI is InChI=1S/C11H12O/c1-11-7-2-3-9(11)4-5-10(12)6-8-11/h3-6,8H,2,7H2,1H3. The van der Waals surface area contributed by atoms with Gasteiger partial charge in [-0.25, -0.2) is 0 Å². The summed E-state index contributed by atoms with van der Waals surface area (Å²) in [5, 5.41) is 0. The Kier molecular flexibility index (Phi) is 1.53. The quantitative estimate of drug-likeness (QED) is 0.532. The Bertz CT molecular complexity index is 307. The first-order valence-corrected chi connectivity index (χ1v) is 4.33. The molecule has 1 nitrogen and oxygen atoms in total. The summed E-state index contributed by atoms with van der Waals surface area (Å²) < 4.78 is 0. The predicted octanol–water partition coefficient (Wildman–Crippen LogP) is 2.41. The summed E-state index contributed by atoms with van der Waals surface area (Å²) >= 11 is 0. The topological polar surface area (TPSA) is 17.1 Å². The van der Waals surface area contributed by atoms with Crippen molar-refractivity contribution in [2.45, 2.75) is 19.8 Å². The van der Waals surface area contributed by atoms with E-state index in [1.807, 2.05) is 12.2 Å². The maximum Gasteiger partial charge on any atom is 0.178 e. The third-order valence-corrected chi connectivity index (χ3v) is 2.73. The molecule has 0 saturated heterocycles. The monoisotopic (exact) mass is 160 g/mol. The number of allylic oxidation sites excluding steroid dienone is 6. The summed E-state index contributed by atoms with van der Waals surface area (Å²) in [5.74, 6) is 0.103. The Morgan fingerprint density at radius 3 is 3.00 bits per heavy atom. The van der Waals surface area contributed by atoms with E-state index < -0.39 is 0 Å². The highest BCUT2D eigenvalue weighted by molar-refractivity contribution is 6.00. The highest BCUT2D eigenvalue weighted by Crippen LogP contribution is 2.41. The van der Waals surface area contributed by atoms with Crippen LogP contribution in [0.2, 0.25) is 0 Å². The van der Waals surface area contributed by atoms with Crippen LogP contribution in [0.3, 0.4) is 0 Å². The first kappa shape index (κ1) is 7.53. The van der Waals surface area contributed by atoms with Crippen molar-refractivity contribution in [1.82, 2.24) is 0 Å². The van der Waals surface area contributed by atoms with Gasteiger partial charge < -0.3 is 0 Å². The van der Waals surface area contributed by atoms with Gasteiger partial charge in [0.2, 0.25) is 0 Å². The Morgan fingerprint density at radius 1 is 1.33 bits per heavy atom. The summed E-state index contributed by atoms with van der Waals surface area (Å²) in [6.07, 6.45) is 11.8. The number of ketones is 1. The molecule has 2 aliphatic carbocycles. The molecule has 0 N–H and O–H groups in total. The summed E-state index contributed by atoms with van der Waals surface area (Å²) in [6, 6.07) is 0. The van der Waals surface area contributed by atoms with Crippen LogP contribution in [0.25, 0.3) is 0 Å². The molecule has 0 saturated carbocycles. The Labute approximate surface area is 72.5 Å². The van der Waals surface area contributed by atoms with Crippen molar-refractivity contribution in [2.24, 2.45) is 5.41 Å². The average Bonchev–Trinajstić information content (AvgIpc) is 2.35. The van der Waals surface area contributed by atoms with E-state index in [0.717, 1.165) is 12.8 Å². The van der Waals surface area contributed by atoms with Crippen molar-refractivity contribution in [2.75, 3.05) is 0 Å². The van der Waals surface area contributed by atoms with Gasteiger partial charge in [-0.3, -0.25) is 4.79 Å². The normalized spacial score (nSPS) is 33.1. The van der Waals surface area contributed by atoms with Crippen LogP contribution in [-0.2, 0) is 4.79 Å². The second-order valence-electron chi connectivity index (χ2n) is 3.68. The molecule has 1 atom stereocenters. The number of hydrogen-bond donors (Lipinski definition) is 0. The molecule has 0 amide bonds. The van der Waals surface area contributed by atoms with Crippen molar-refractivity contribution >= 4 is 5.78 Å². The molecule has 0 bridgehead atoms. The molecule has 2 rings (SSSR count). The summed E-state index contributed by atoms with van der Waals surface area (Å²) in [7, 11) is 0. The molecule has 2 aliphatic rings. The van der Waals surface area contributed by atoms with Gasteiger partial charge in [-0.1, -0.05) is 25.2 Å². The first-order chi connectivity index (χ1) is 5.71. The van der Waals surface area contributed by atoms with E-state index >= 15 is 0 Å². The fourth-order valence-corrected chi connectivity index (χ4v) is 1.84. The lowest BCUT2D eigenvalue weighted by Gasteiger charge is -2.20. The van der Waals surface area contributed by atoms with E-state index in [2.05, 4.69) is 13.0 Å². The molecule has 0 spiro atoms. The summed E-state index contributed by atoms with van der Waals surface area (Å²) in [5.41, 5.74) is 1.42. The molecule has 0 fully saturated rings. The molecule has 1 unspecified atom stereocenters. The van der Waals surface area contributed by atoms with Crippen molar-refractivity contribution < 1.29 is 4.79 Å². The van der Waals surface area contributed by atoms with Crippen LogP contribution in [0.4, 0.5) is 0 Å². The second-order valence-corrected chi connectivity index (χ2v) is 3.68. The van der Waals surface area contributed by atoms with Crippen molar-refractivity contribution in [3.8, 4) is 0 Å². The number of carbonyl (C=O) groups excluding carboxylic acids is 1. The predicted molar refractivity (Wildman–Crippen MR) is 48.7 cm³/mol. The molecule has 0 aromatic rings. The summed E-state index contributed by atoms with van der Waals surface area (Å²) in [4.78, 5) is 11.1. The molecular formula is C11H12O. The van der Waals surface area contributed by atoms with Crippen LogP contribution in [0.1, 0.15) is 19.8 Å². The molecule has 12 heavy (non-hydrogen) atoms. The van der Waals surface area contributed by atoms with Gasteiger partial charge >= 0.3 is 0 Å². The minimum Gasteiger partial charge on any atom is -0.290 e. The molecule has 0 aromatic carbocycles. The maximum atomic E-state index is 11.1. The van der Waals surface area contributed by atoms with Gasteiger partial charge in [-0.05, 0) is 30.6 Å². The second kappa shape index (κ2) is 2.44. The van der Waals surface area contributed by atoms with Crippen LogP contribution in [0.15, 0.2) is 36.0 Å². The first-order valence-electron chi connectivity index (χ1n) is 4.33. The minimum absolute atomic E-state index is 0.103. The SMILES string of the molecule is CC12C=CC(=O)C=CC1=CCC2. The number of rotatable bonds is 0. The highest BCUT2D eigenvalue weighted by atomic mass is 16.1. The molecule has 0 aromatic heterocycles. The van der Waals surface area contributed by atoms with Gasteiger partial charge in [0.25, 0.3) is 0 Å². The molecule has 0 aliphatic heterocycles. The minimum atomic E-state index is 0.103. The molecule has 1 heteroatoms. The molecule has 0 heterocycles. The van der Waals surface area contributed by atoms with Gasteiger partial charge in [0, 0.05) is 5.41 Å². The lowest BCUT2D eigenvalue weighted by molar-refractivity contribution is -0.110. The van der Waals surface area contributed by atoms with Crippen molar-refractivity contribution in [3.63, 3.8) is 0 Å². The largest absolute Gasteiger partial charge is 0.290 e. The zero-order chi connectivity index (χ0) is 8.60. The Balaban J connectivity index is 2.46. The molecule has 62 valence electrons. The van der Waals surface area contributed by atoms with Crippen LogP contribution >= 0.6 is 0 Å². The van der Waals surface area contributed by atoms with E-state index in [0.29, 0.717) is 0 Å². The maximum absolute atomic E-state index is 11.1. The van der Waals surface area contributed by atoms with Crippen molar-refractivity contribution in [3.05, 3.63) is 36.0 Å². The third kappa shape index (κ3) is 1.06. The zero-order valence-electron chi connectivity index (χ0n) is 7.21. The van der Waals surface area contributed by atoms with Gasteiger partial charge in [0.15, 0.2) is 5.78 Å². The van der Waals surface area contributed by atoms with E-state index in [-0.39, 0.29) is 11.2 Å². The van der Waals surface area contributed by atoms with E-state index in [4.69, 9.17) is 0 Å². The lowest BCUT2D eigenvalue weighted by Crippen LogP contribution is -2.09. The van der Waals surface area contributed by atoms with Crippen LogP contribution in [0.5, 0.6) is 0 Å². The number of carbonyl (C=O) groups is 1. The van der Waals surface area contributed by atoms with Gasteiger partial charge in [-0.15, -0.1) is 0 Å². The van der Waals surface area contributed by atoms with Gasteiger partial charge in [0.05, 0.1) is 0 Å².